The Bertz CT molecular complexity index is 456. The number of nitrogens with one attached hydrogen (secondary N) is 1. The van der Waals surface area contributed by atoms with Crippen molar-refractivity contribution in [3.8, 4) is 0 Å². The highest BCUT2D eigenvalue weighted by Crippen LogP contribution is 2.30. The lowest BCUT2D eigenvalue weighted by atomic mass is 9.83. The summed E-state index contributed by atoms with van der Waals surface area (Å²) in [6.45, 7) is 10.4. The fraction of sp³-hybridized carbons (Fsp3) is 0.714. The van der Waals surface area contributed by atoms with Gasteiger partial charge in [0.25, 0.3) is 5.91 Å². The van der Waals surface area contributed by atoms with E-state index in [1.165, 1.54) is 0 Å². The number of carbonyl (C=O) groups is 1. The van der Waals surface area contributed by atoms with E-state index in [-0.39, 0.29) is 17.4 Å². The summed E-state index contributed by atoms with van der Waals surface area (Å²) >= 11 is 0. The number of hydrogen-bond acceptors (Lipinski definition) is 3. The smallest absolute Gasteiger partial charge is 0.271 e. The molecular weight excluding hydrogens is 242 g/mol. The average molecular weight is 265 g/mol. The molecule has 19 heavy (non-hydrogen) atoms. The monoisotopic (exact) mass is 265 g/mol. The quantitative estimate of drug-likeness (QED) is 0.885. The minimum absolute atomic E-state index is 0.0952. The van der Waals surface area contributed by atoms with Crippen LogP contribution in [-0.4, -0.2) is 35.4 Å². The van der Waals surface area contributed by atoms with Crippen molar-refractivity contribution in [2.24, 2.45) is 5.41 Å². The van der Waals surface area contributed by atoms with Gasteiger partial charge in [0.2, 0.25) is 0 Å². The molecule has 106 valence electrons. The molecule has 2 rings (SSSR count). The average Bonchev–Trinajstić information content (AvgIpc) is 2.70. The van der Waals surface area contributed by atoms with Crippen LogP contribution in [0.5, 0.6) is 0 Å². The standard InChI is InChI=1S/C14H23N3O2/c1-5-14(8-19-9-14)7-15-13(18)12-6-11(4)17(16-12)10(2)3/h6,10H,5,7-9H2,1-4H3,(H,15,18). The highest BCUT2D eigenvalue weighted by molar-refractivity contribution is 5.92. The number of ether oxygens (including phenoxy) is 1. The molecule has 0 saturated carbocycles. The Kier molecular flexibility index (Phi) is 3.94. The number of hydrogen-bond donors (Lipinski definition) is 1. The second kappa shape index (κ2) is 5.33. The fourth-order valence-electron chi connectivity index (χ4n) is 2.30. The minimum atomic E-state index is -0.0952. The fourth-order valence-corrected chi connectivity index (χ4v) is 2.30. The van der Waals surface area contributed by atoms with Gasteiger partial charge in [-0.2, -0.15) is 5.10 Å². The van der Waals surface area contributed by atoms with Crippen LogP contribution in [0.25, 0.3) is 0 Å². The van der Waals surface area contributed by atoms with Crippen LogP contribution >= 0.6 is 0 Å². The third-order valence-electron chi connectivity index (χ3n) is 3.83. The van der Waals surface area contributed by atoms with Gasteiger partial charge in [-0.25, -0.2) is 0 Å². The summed E-state index contributed by atoms with van der Waals surface area (Å²) in [5, 5.41) is 7.33. The molecule has 0 radical (unpaired) electrons. The van der Waals surface area contributed by atoms with Crippen molar-refractivity contribution >= 4 is 5.91 Å². The SMILES string of the molecule is CCC1(CNC(=O)c2cc(C)n(C(C)C)n2)COC1. The zero-order valence-electron chi connectivity index (χ0n) is 12.2. The van der Waals surface area contributed by atoms with E-state index < -0.39 is 0 Å². The Hall–Kier alpha value is -1.36. The lowest BCUT2D eigenvalue weighted by molar-refractivity contribution is -0.111. The summed E-state index contributed by atoms with van der Waals surface area (Å²) < 4.78 is 7.12. The van der Waals surface area contributed by atoms with Crippen molar-refractivity contribution in [2.45, 2.75) is 40.2 Å². The lowest BCUT2D eigenvalue weighted by Gasteiger charge is -2.40. The molecule has 1 fully saturated rings. The first-order valence-electron chi connectivity index (χ1n) is 6.89. The molecule has 0 spiro atoms. The number of nitrogens with zero attached hydrogens (tertiary/aromatic N) is 2. The Morgan fingerprint density at radius 2 is 2.26 bits per heavy atom. The Morgan fingerprint density at radius 3 is 2.68 bits per heavy atom. The summed E-state index contributed by atoms with van der Waals surface area (Å²) in [6.07, 6.45) is 1.02. The summed E-state index contributed by atoms with van der Waals surface area (Å²) in [5.74, 6) is -0.0952. The van der Waals surface area contributed by atoms with Gasteiger partial charge in [0.1, 0.15) is 5.69 Å². The van der Waals surface area contributed by atoms with Gasteiger partial charge in [-0.05, 0) is 33.3 Å². The van der Waals surface area contributed by atoms with Crippen LogP contribution < -0.4 is 5.32 Å². The van der Waals surface area contributed by atoms with E-state index in [0.717, 1.165) is 25.3 Å². The molecule has 0 aliphatic carbocycles. The van der Waals surface area contributed by atoms with Gasteiger partial charge in [0.15, 0.2) is 0 Å². The first-order valence-corrected chi connectivity index (χ1v) is 6.89. The molecule has 1 saturated heterocycles. The third-order valence-corrected chi connectivity index (χ3v) is 3.83. The maximum Gasteiger partial charge on any atom is 0.271 e. The van der Waals surface area contributed by atoms with Gasteiger partial charge in [-0.3, -0.25) is 9.48 Å². The third kappa shape index (κ3) is 2.81. The molecule has 1 aromatic heterocycles. The van der Waals surface area contributed by atoms with E-state index in [1.54, 1.807) is 0 Å². The minimum Gasteiger partial charge on any atom is -0.380 e. The van der Waals surface area contributed by atoms with Crippen molar-refractivity contribution in [3.05, 3.63) is 17.5 Å². The number of aromatic nitrogens is 2. The molecule has 0 unspecified atom stereocenters. The van der Waals surface area contributed by atoms with Crippen LogP contribution in [0, 0.1) is 12.3 Å². The van der Waals surface area contributed by atoms with E-state index in [9.17, 15) is 4.79 Å². The largest absolute Gasteiger partial charge is 0.380 e. The Morgan fingerprint density at radius 1 is 1.58 bits per heavy atom. The first-order chi connectivity index (χ1) is 8.97. The van der Waals surface area contributed by atoms with Gasteiger partial charge in [-0.1, -0.05) is 6.92 Å². The molecule has 2 heterocycles. The first kappa shape index (κ1) is 14.1. The Labute approximate surface area is 114 Å². The van der Waals surface area contributed by atoms with Gasteiger partial charge >= 0.3 is 0 Å². The molecule has 1 aliphatic rings. The van der Waals surface area contributed by atoms with Crippen LogP contribution in [0.3, 0.4) is 0 Å². The lowest BCUT2D eigenvalue weighted by Crippen LogP contribution is -2.50. The second-order valence-electron chi connectivity index (χ2n) is 5.74. The van der Waals surface area contributed by atoms with Crippen molar-refractivity contribution in [1.82, 2.24) is 15.1 Å². The molecule has 1 N–H and O–H groups in total. The second-order valence-corrected chi connectivity index (χ2v) is 5.74. The predicted molar refractivity (Wildman–Crippen MR) is 73.2 cm³/mol. The summed E-state index contributed by atoms with van der Waals surface area (Å²) in [4.78, 5) is 12.1. The van der Waals surface area contributed by atoms with Crippen molar-refractivity contribution < 1.29 is 9.53 Å². The molecule has 1 amide bonds. The highest BCUT2D eigenvalue weighted by Gasteiger charge is 2.37. The topological polar surface area (TPSA) is 56.2 Å². The molecule has 0 atom stereocenters. The molecule has 1 aromatic rings. The maximum atomic E-state index is 12.1. The van der Waals surface area contributed by atoms with Crippen LogP contribution in [0.15, 0.2) is 6.07 Å². The van der Waals surface area contributed by atoms with Gasteiger partial charge < -0.3 is 10.1 Å². The van der Waals surface area contributed by atoms with E-state index in [1.807, 2.05) is 17.7 Å². The molecular formula is C14H23N3O2. The van der Waals surface area contributed by atoms with Gasteiger partial charge in [0.05, 0.1) is 13.2 Å². The van der Waals surface area contributed by atoms with E-state index in [4.69, 9.17) is 4.74 Å². The van der Waals surface area contributed by atoms with E-state index in [2.05, 4.69) is 31.2 Å². The molecule has 5 heteroatoms. The summed E-state index contributed by atoms with van der Waals surface area (Å²) in [6, 6.07) is 2.11. The van der Waals surface area contributed by atoms with Crippen molar-refractivity contribution in [2.75, 3.05) is 19.8 Å². The van der Waals surface area contributed by atoms with Crippen molar-refractivity contribution in [1.29, 1.82) is 0 Å². The normalized spacial score (nSPS) is 17.3. The van der Waals surface area contributed by atoms with E-state index in [0.29, 0.717) is 12.2 Å². The zero-order valence-corrected chi connectivity index (χ0v) is 12.2. The van der Waals surface area contributed by atoms with E-state index >= 15 is 0 Å². The highest BCUT2D eigenvalue weighted by atomic mass is 16.5. The van der Waals surface area contributed by atoms with Gasteiger partial charge in [0, 0.05) is 23.7 Å². The predicted octanol–water partition coefficient (Wildman–Crippen LogP) is 1.93. The van der Waals surface area contributed by atoms with Crippen LogP contribution in [0.4, 0.5) is 0 Å². The van der Waals surface area contributed by atoms with Crippen LogP contribution in [0.2, 0.25) is 0 Å². The van der Waals surface area contributed by atoms with Crippen LogP contribution in [-0.2, 0) is 4.74 Å². The number of carbonyl (C=O) groups excluding carboxylic acids is 1. The van der Waals surface area contributed by atoms with Crippen LogP contribution in [0.1, 0.15) is 49.4 Å². The molecule has 0 aromatic carbocycles. The zero-order chi connectivity index (χ0) is 14.0. The number of aryl methyl sites for hydroxylation is 1. The van der Waals surface area contributed by atoms with Crippen molar-refractivity contribution in [3.63, 3.8) is 0 Å². The van der Waals surface area contributed by atoms with Gasteiger partial charge in [-0.15, -0.1) is 0 Å². The molecule has 1 aliphatic heterocycles. The maximum absolute atomic E-state index is 12.1. The molecule has 0 bridgehead atoms. The summed E-state index contributed by atoms with van der Waals surface area (Å²) in [7, 11) is 0. The number of rotatable bonds is 5. The summed E-state index contributed by atoms with van der Waals surface area (Å²) in [5.41, 5.74) is 1.64. The number of amides is 1. The Balaban J connectivity index is 1.98. The molecule has 5 nitrogen and oxygen atoms in total.